The third kappa shape index (κ3) is 3.58. The molecule has 10 nitrogen and oxygen atoms in total. The minimum atomic E-state index is -0.747. The highest BCUT2D eigenvalue weighted by Gasteiger charge is 2.19. The lowest BCUT2D eigenvalue weighted by Gasteiger charge is -2.11. The number of fused-ring (bicyclic) bond motifs is 1. The average molecular weight is 389 g/mol. The van der Waals surface area contributed by atoms with Crippen molar-refractivity contribution in [3.63, 3.8) is 0 Å². The zero-order valence-corrected chi connectivity index (χ0v) is 15.0. The number of carbonyl (C=O) groups excluding carboxylic acids is 1. The average Bonchev–Trinajstić information content (AvgIpc) is 2.72. The van der Waals surface area contributed by atoms with Gasteiger partial charge in [0.05, 0.1) is 11.1 Å². The number of nitrogens with zero attached hydrogens (tertiary/aromatic N) is 5. The Labute approximate surface area is 163 Å². The number of nitrogens with two attached hydrogens (primary N) is 2. The number of carbonyl (C=O) groups is 1. The van der Waals surface area contributed by atoms with Gasteiger partial charge in [0.15, 0.2) is 18.1 Å². The number of benzene rings is 2. The molecule has 2 aromatic heterocycles. The van der Waals surface area contributed by atoms with Crippen LogP contribution in [-0.2, 0) is 11.3 Å². The molecule has 0 spiro atoms. The molecule has 0 aliphatic rings. The van der Waals surface area contributed by atoms with E-state index < -0.39 is 5.97 Å². The minimum absolute atomic E-state index is 0.0148. The molecule has 0 aliphatic heterocycles. The quantitative estimate of drug-likeness (QED) is 0.488. The van der Waals surface area contributed by atoms with Crippen molar-refractivity contribution < 1.29 is 9.53 Å². The van der Waals surface area contributed by atoms with E-state index >= 15 is 0 Å². The van der Waals surface area contributed by atoms with Crippen LogP contribution in [0.15, 0.2) is 59.4 Å². The first kappa shape index (κ1) is 18.0. The molecule has 4 rings (SSSR count). The largest absolute Gasteiger partial charge is 0.453 e. The Morgan fingerprint density at radius 1 is 0.897 bits per heavy atom. The first-order valence-electron chi connectivity index (χ1n) is 8.53. The summed E-state index contributed by atoms with van der Waals surface area (Å²) in [6, 6.07) is 15.5. The molecule has 0 radical (unpaired) electrons. The molecule has 0 saturated heterocycles. The Balaban J connectivity index is 1.75. The number of ether oxygens (including phenoxy) is 1. The highest BCUT2D eigenvalue weighted by atomic mass is 16.5. The van der Waals surface area contributed by atoms with Gasteiger partial charge in [-0.05, 0) is 18.2 Å². The van der Waals surface area contributed by atoms with Crippen LogP contribution in [0.4, 0.5) is 11.9 Å². The summed E-state index contributed by atoms with van der Waals surface area (Å²) in [5.41, 5.74) is 11.2. The van der Waals surface area contributed by atoms with Gasteiger partial charge in [0.2, 0.25) is 11.9 Å². The number of hydrogen-bond acceptors (Lipinski definition) is 9. The van der Waals surface area contributed by atoms with Crippen molar-refractivity contribution in [3.05, 3.63) is 76.5 Å². The highest BCUT2D eigenvalue weighted by molar-refractivity contribution is 6.02. The summed E-state index contributed by atoms with van der Waals surface area (Å²) in [6.07, 6.45) is 0. The monoisotopic (exact) mass is 389 g/mol. The molecule has 0 atom stereocenters. The van der Waals surface area contributed by atoms with Crippen LogP contribution >= 0.6 is 0 Å². The zero-order valence-electron chi connectivity index (χ0n) is 15.0. The molecule has 4 N–H and O–H groups in total. The summed E-state index contributed by atoms with van der Waals surface area (Å²) in [6.45, 7) is -0.282. The Hall–Kier alpha value is -4.34. The Kier molecular flexibility index (Phi) is 4.57. The molecule has 2 heterocycles. The van der Waals surface area contributed by atoms with Gasteiger partial charge in [-0.25, -0.2) is 4.79 Å². The Morgan fingerprint density at radius 2 is 1.52 bits per heavy atom. The second-order valence-electron chi connectivity index (χ2n) is 5.99. The molecule has 2 aromatic carbocycles. The third-order valence-corrected chi connectivity index (χ3v) is 4.05. The van der Waals surface area contributed by atoms with Crippen LogP contribution in [0.5, 0.6) is 0 Å². The van der Waals surface area contributed by atoms with E-state index in [2.05, 4.69) is 20.1 Å². The maximum atomic E-state index is 12.9. The van der Waals surface area contributed by atoms with E-state index in [1.807, 2.05) is 6.07 Å². The molecule has 4 aromatic rings. The first-order valence-corrected chi connectivity index (χ1v) is 8.53. The van der Waals surface area contributed by atoms with E-state index in [9.17, 15) is 9.59 Å². The fourth-order valence-electron chi connectivity index (χ4n) is 2.80. The number of anilines is 2. The first-order chi connectivity index (χ1) is 14.0. The van der Waals surface area contributed by atoms with E-state index in [-0.39, 0.29) is 35.6 Å². The molecular weight excluding hydrogens is 374 g/mol. The third-order valence-electron chi connectivity index (χ3n) is 4.05. The van der Waals surface area contributed by atoms with Gasteiger partial charge in [-0.2, -0.15) is 24.7 Å². The van der Waals surface area contributed by atoms with Gasteiger partial charge in [0.1, 0.15) is 0 Å². The molecular formula is C19H15N7O3. The van der Waals surface area contributed by atoms with E-state index in [0.717, 1.165) is 4.68 Å². The zero-order chi connectivity index (χ0) is 20.4. The summed E-state index contributed by atoms with van der Waals surface area (Å²) in [5, 5.41) is 4.96. The number of aromatic nitrogens is 5. The number of rotatable bonds is 4. The summed E-state index contributed by atoms with van der Waals surface area (Å²) in [7, 11) is 0. The van der Waals surface area contributed by atoms with Gasteiger partial charge in [-0.3, -0.25) is 4.79 Å². The topological polar surface area (TPSA) is 152 Å². The molecule has 0 amide bonds. The van der Waals surface area contributed by atoms with Crippen LogP contribution in [0.25, 0.3) is 16.5 Å². The van der Waals surface area contributed by atoms with Crippen LogP contribution in [-0.4, -0.2) is 30.7 Å². The lowest BCUT2D eigenvalue weighted by molar-refractivity contribution is 0.0455. The minimum Gasteiger partial charge on any atom is -0.453 e. The van der Waals surface area contributed by atoms with Gasteiger partial charge in [-0.1, -0.05) is 36.4 Å². The van der Waals surface area contributed by atoms with Crippen molar-refractivity contribution in [2.24, 2.45) is 0 Å². The van der Waals surface area contributed by atoms with Gasteiger partial charge in [-0.15, -0.1) is 0 Å². The molecule has 0 saturated carbocycles. The van der Waals surface area contributed by atoms with Crippen LogP contribution in [0, 0.1) is 0 Å². The molecule has 144 valence electrons. The second-order valence-corrected chi connectivity index (χ2v) is 5.99. The summed E-state index contributed by atoms with van der Waals surface area (Å²) in [5.74, 6) is -0.804. The van der Waals surface area contributed by atoms with Crippen molar-refractivity contribution in [1.82, 2.24) is 24.7 Å². The normalized spacial score (nSPS) is 10.8. The van der Waals surface area contributed by atoms with Crippen LogP contribution in [0.2, 0.25) is 0 Å². The summed E-state index contributed by atoms with van der Waals surface area (Å²) >= 11 is 0. The number of esters is 1. The van der Waals surface area contributed by atoms with Gasteiger partial charge in [0, 0.05) is 5.39 Å². The number of nitrogen functional groups attached to an aromatic ring is 2. The molecule has 0 unspecified atom stereocenters. The predicted molar refractivity (Wildman–Crippen MR) is 105 cm³/mol. The standard InChI is InChI=1S/C19H15N7O3/c20-18-22-14(23-19(21)24-18)10-29-17(28)15-12-8-4-5-9-13(12)16(27)26(25-15)11-6-2-1-3-7-11/h1-9H,10H2,(H4,20,21,22,23,24). The van der Waals surface area contributed by atoms with E-state index in [4.69, 9.17) is 16.2 Å². The summed E-state index contributed by atoms with van der Waals surface area (Å²) in [4.78, 5) is 37.0. The maximum absolute atomic E-state index is 12.9. The SMILES string of the molecule is Nc1nc(N)nc(COC(=O)c2nn(-c3ccccc3)c(=O)c3ccccc23)n1. The number of para-hydroxylation sites is 1. The molecule has 0 aliphatic carbocycles. The van der Waals surface area contributed by atoms with E-state index in [1.54, 1.807) is 48.5 Å². The maximum Gasteiger partial charge on any atom is 0.359 e. The molecule has 29 heavy (non-hydrogen) atoms. The Bertz CT molecular complexity index is 1250. The van der Waals surface area contributed by atoms with Gasteiger partial charge in [0.25, 0.3) is 5.56 Å². The van der Waals surface area contributed by atoms with Crippen molar-refractivity contribution in [2.45, 2.75) is 6.61 Å². The van der Waals surface area contributed by atoms with Crippen molar-refractivity contribution in [3.8, 4) is 5.69 Å². The smallest absolute Gasteiger partial charge is 0.359 e. The van der Waals surface area contributed by atoms with Crippen molar-refractivity contribution in [2.75, 3.05) is 11.5 Å². The van der Waals surface area contributed by atoms with Crippen LogP contribution in [0.1, 0.15) is 16.3 Å². The lowest BCUT2D eigenvalue weighted by Crippen LogP contribution is -2.25. The lowest BCUT2D eigenvalue weighted by atomic mass is 10.1. The van der Waals surface area contributed by atoms with Crippen molar-refractivity contribution in [1.29, 1.82) is 0 Å². The highest BCUT2D eigenvalue weighted by Crippen LogP contribution is 2.16. The molecule has 0 bridgehead atoms. The van der Waals surface area contributed by atoms with Crippen LogP contribution < -0.4 is 17.0 Å². The molecule has 0 fully saturated rings. The number of hydrogen-bond donors (Lipinski definition) is 2. The van der Waals surface area contributed by atoms with Crippen molar-refractivity contribution >= 4 is 28.6 Å². The van der Waals surface area contributed by atoms with E-state index in [0.29, 0.717) is 16.5 Å². The molecule has 10 heteroatoms. The summed E-state index contributed by atoms with van der Waals surface area (Å²) < 4.78 is 6.45. The Morgan fingerprint density at radius 3 is 2.21 bits per heavy atom. The fraction of sp³-hybridized carbons (Fsp3) is 0.0526. The van der Waals surface area contributed by atoms with Gasteiger partial charge >= 0.3 is 5.97 Å². The fourth-order valence-corrected chi connectivity index (χ4v) is 2.80. The van der Waals surface area contributed by atoms with Gasteiger partial charge < -0.3 is 16.2 Å². The van der Waals surface area contributed by atoms with Crippen LogP contribution in [0.3, 0.4) is 0 Å². The predicted octanol–water partition coefficient (Wildman–Crippen LogP) is 1.09. The second kappa shape index (κ2) is 7.35. The van der Waals surface area contributed by atoms with E-state index in [1.165, 1.54) is 0 Å².